The maximum Gasteiger partial charge on any atom is 0.237 e. The molecule has 0 spiro atoms. The highest BCUT2D eigenvalue weighted by molar-refractivity contribution is 7.99. The first-order valence-electron chi connectivity index (χ1n) is 8.16. The van der Waals surface area contributed by atoms with E-state index in [0.717, 1.165) is 11.3 Å². The fourth-order valence-electron chi connectivity index (χ4n) is 2.44. The van der Waals surface area contributed by atoms with E-state index in [9.17, 15) is 4.79 Å². The molecule has 0 aliphatic heterocycles. The summed E-state index contributed by atoms with van der Waals surface area (Å²) in [4.78, 5) is 18.3. The van der Waals surface area contributed by atoms with Gasteiger partial charge in [-0.05, 0) is 24.3 Å². The van der Waals surface area contributed by atoms with Crippen LogP contribution in [-0.2, 0) is 4.79 Å². The summed E-state index contributed by atoms with van der Waals surface area (Å²) >= 11 is 1.20. The third-order valence-corrected chi connectivity index (χ3v) is 4.65. The van der Waals surface area contributed by atoms with Crippen molar-refractivity contribution in [3.8, 4) is 17.5 Å². The molecule has 0 aliphatic carbocycles. The SMILES string of the molecule is N#CCCN(C(=O)CSc1nnc(-c2cccnc2)n1N)c1ccccc1. The Morgan fingerprint density at radius 1 is 1.22 bits per heavy atom. The number of benzene rings is 1. The fraction of sp³-hybridized carbons (Fsp3) is 0.167. The van der Waals surface area contributed by atoms with E-state index in [-0.39, 0.29) is 18.1 Å². The van der Waals surface area contributed by atoms with Crippen LogP contribution in [0.1, 0.15) is 6.42 Å². The van der Waals surface area contributed by atoms with Gasteiger partial charge in [-0.25, -0.2) is 4.68 Å². The molecule has 2 aromatic heterocycles. The Balaban J connectivity index is 1.71. The normalized spacial score (nSPS) is 10.3. The van der Waals surface area contributed by atoms with E-state index < -0.39 is 0 Å². The molecule has 3 rings (SSSR count). The predicted molar refractivity (Wildman–Crippen MR) is 103 cm³/mol. The molecule has 0 fully saturated rings. The molecule has 8 nitrogen and oxygen atoms in total. The van der Waals surface area contributed by atoms with Gasteiger partial charge in [0.15, 0.2) is 5.82 Å². The van der Waals surface area contributed by atoms with Gasteiger partial charge in [0.05, 0.1) is 18.2 Å². The predicted octanol–water partition coefficient (Wildman–Crippen LogP) is 2.09. The van der Waals surface area contributed by atoms with Crippen LogP contribution in [-0.4, -0.2) is 38.1 Å². The van der Waals surface area contributed by atoms with Gasteiger partial charge < -0.3 is 10.7 Å². The molecule has 0 radical (unpaired) electrons. The second-order valence-electron chi connectivity index (χ2n) is 5.50. The summed E-state index contributed by atoms with van der Waals surface area (Å²) in [7, 11) is 0. The Morgan fingerprint density at radius 2 is 2.04 bits per heavy atom. The number of nitrogens with zero attached hydrogens (tertiary/aromatic N) is 6. The summed E-state index contributed by atoms with van der Waals surface area (Å²) in [5.41, 5.74) is 1.49. The number of nitrogen functional groups attached to an aromatic ring is 1. The monoisotopic (exact) mass is 379 g/mol. The minimum absolute atomic E-state index is 0.128. The lowest BCUT2D eigenvalue weighted by Crippen LogP contribution is -2.33. The zero-order valence-corrected chi connectivity index (χ0v) is 15.2. The number of hydrogen-bond acceptors (Lipinski definition) is 7. The Labute approximate surface area is 160 Å². The lowest BCUT2D eigenvalue weighted by atomic mass is 10.2. The standard InChI is InChI=1S/C18H17N7OS/c19-9-5-11-24(15-7-2-1-3-8-15)16(26)13-27-18-23-22-17(25(18)20)14-6-4-10-21-12-14/h1-4,6-8,10,12H,5,11,13,20H2. The summed E-state index contributed by atoms with van der Waals surface area (Å²) in [6.45, 7) is 0.330. The lowest BCUT2D eigenvalue weighted by molar-refractivity contribution is -0.116. The molecule has 0 aliphatic rings. The molecule has 2 heterocycles. The zero-order chi connectivity index (χ0) is 19.1. The average Bonchev–Trinajstić information content (AvgIpc) is 3.08. The largest absolute Gasteiger partial charge is 0.335 e. The second-order valence-corrected chi connectivity index (χ2v) is 6.44. The number of amides is 1. The summed E-state index contributed by atoms with van der Waals surface area (Å²) in [5, 5.41) is 17.4. The van der Waals surface area contributed by atoms with Gasteiger partial charge in [-0.1, -0.05) is 30.0 Å². The van der Waals surface area contributed by atoms with Crippen molar-refractivity contribution in [2.24, 2.45) is 0 Å². The van der Waals surface area contributed by atoms with Crippen LogP contribution in [0.4, 0.5) is 5.69 Å². The molecule has 3 aromatic rings. The first-order chi connectivity index (χ1) is 13.2. The summed E-state index contributed by atoms with van der Waals surface area (Å²) in [6.07, 6.45) is 3.56. The van der Waals surface area contributed by atoms with E-state index in [2.05, 4.69) is 21.3 Å². The van der Waals surface area contributed by atoms with Crippen molar-refractivity contribution in [3.63, 3.8) is 0 Å². The third-order valence-electron chi connectivity index (χ3n) is 3.73. The molecule has 27 heavy (non-hydrogen) atoms. The Morgan fingerprint density at radius 3 is 2.74 bits per heavy atom. The first-order valence-corrected chi connectivity index (χ1v) is 9.15. The minimum Gasteiger partial charge on any atom is -0.335 e. The smallest absolute Gasteiger partial charge is 0.237 e. The van der Waals surface area contributed by atoms with Crippen LogP contribution < -0.4 is 10.7 Å². The van der Waals surface area contributed by atoms with Crippen LogP contribution in [0.5, 0.6) is 0 Å². The number of pyridine rings is 1. The van der Waals surface area contributed by atoms with Gasteiger partial charge in [0, 0.05) is 30.2 Å². The van der Waals surface area contributed by atoms with Gasteiger partial charge in [-0.2, -0.15) is 5.26 Å². The lowest BCUT2D eigenvalue weighted by Gasteiger charge is -2.21. The van der Waals surface area contributed by atoms with E-state index >= 15 is 0 Å². The maximum atomic E-state index is 12.7. The maximum absolute atomic E-state index is 12.7. The quantitative estimate of drug-likeness (QED) is 0.494. The molecule has 9 heteroatoms. The average molecular weight is 379 g/mol. The number of nitrogens with two attached hydrogens (primary N) is 1. The van der Waals surface area contributed by atoms with Gasteiger partial charge in [0.1, 0.15) is 0 Å². The third kappa shape index (κ3) is 4.43. The summed E-state index contributed by atoms with van der Waals surface area (Å²) in [6, 6.07) is 15.0. The van der Waals surface area contributed by atoms with Gasteiger partial charge in [-0.3, -0.25) is 9.78 Å². The van der Waals surface area contributed by atoms with Crippen LogP contribution in [0.15, 0.2) is 60.0 Å². The topological polar surface area (TPSA) is 114 Å². The number of hydrogen-bond donors (Lipinski definition) is 1. The van der Waals surface area contributed by atoms with E-state index in [1.165, 1.54) is 16.4 Å². The zero-order valence-electron chi connectivity index (χ0n) is 14.4. The number of para-hydroxylation sites is 1. The number of anilines is 1. The van der Waals surface area contributed by atoms with Gasteiger partial charge in [0.25, 0.3) is 0 Å². The van der Waals surface area contributed by atoms with Crippen LogP contribution in [0, 0.1) is 11.3 Å². The van der Waals surface area contributed by atoms with Crippen molar-refractivity contribution in [1.29, 1.82) is 5.26 Å². The van der Waals surface area contributed by atoms with Crippen molar-refractivity contribution < 1.29 is 4.79 Å². The Bertz CT molecular complexity index is 937. The van der Waals surface area contributed by atoms with Crippen molar-refractivity contribution in [2.75, 3.05) is 23.0 Å². The van der Waals surface area contributed by atoms with Crippen molar-refractivity contribution in [1.82, 2.24) is 19.9 Å². The summed E-state index contributed by atoms with van der Waals surface area (Å²) < 4.78 is 1.34. The number of rotatable bonds is 7. The molecule has 136 valence electrons. The number of thioether (sulfide) groups is 1. The molecular weight excluding hydrogens is 362 g/mol. The Kier molecular flexibility index (Phi) is 6.02. The molecule has 0 saturated heterocycles. The van der Waals surface area contributed by atoms with Crippen LogP contribution in [0.25, 0.3) is 11.4 Å². The second kappa shape index (κ2) is 8.82. The number of carbonyl (C=O) groups is 1. The number of carbonyl (C=O) groups excluding carboxylic acids is 1. The van der Waals surface area contributed by atoms with Crippen LogP contribution >= 0.6 is 11.8 Å². The minimum atomic E-state index is -0.132. The molecule has 0 atom stereocenters. The highest BCUT2D eigenvalue weighted by Gasteiger charge is 2.18. The molecular formula is C18H17N7OS. The van der Waals surface area contributed by atoms with Crippen molar-refractivity contribution in [3.05, 3.63) is 54.9 Å². The summed E-state index contributed by atoms with van der Waals surface area (Å²) in [5.74, 6) is 6.53. The van der Waals surface area contributed by atoms with E-state index in [1.54, 1.807) is 23.4 Å². The highest BCUT2D eigenvalue weighted by Crippen LogP contribution is 2.22. The van der Waals surface area contributed by atoms with Crippen molar-refractivity contribution >= 4 is 23.4 Å². The molecule has 0 bridgehead atoms. The van der Waals surface area contributed by atoms with Gasteiger partial charge in [-0.15, -0.1) is 10.2 Å². The van der Waals surface area contributed by atoms with Crippen LogP contribution in [0.2, 0.25) is 0 Å². The van der Waals surface area contributed by atoms with E-state index in [0.29, 0.717) is 17.5 Å². The van der Waals surface area contributed by atoms with Crippen LogP contribution in [0.3, 0.4) is 0 Å². The van der Waals surface area contributed by atoms with E-state index in [4.69, 9.17) is 11.1 Å². The van der Waals surface area contributed by atoms with E-state index in [1.807, 2.05) is 36.4 Å². The highest BCUT2D eigenvalue weighted by atomic mass is 32.2. The van der Waals surface area contributed by atoms with Gasteiger partial charge >= 0.3 is 0 Å². The van der Waals surface area contributed by atoms with Gasteiger partial charge in [0.2, 0.25) is 11.1 Å². The molecule has 0 unspecified atom stereocenters. The van der Waals surface area contributed by atoms with Crippen molar-refractivity contribution in [2.45, 2.75) is 11.6 Å². The first kappa shape index (κ1) is 18.4. The number of aromatic nitrogens is 4. The Hall–Kier alpha value is -3.38. The number of nitriles is 1. The molecule has 1 aromatic carbocycles. The molecule has 2 N–H and O–H groups in total. The molecule has 1 amide bonds. The molecule has 0 saturated carbocycles. The fourth-order valence-corrected chi connectivity index (χ4v) is 3.17.